The second-order valence-electron chi connectivity index (χ2n) is 5.26. The monoisotopic (exact) mass is 368 g/mol. The van der Waals surface area contributed by atoms with Crippen LogP contribution in [0, 0.1) is 5.92 Å². The standard InChI is InChI=1S/C13H28N4.HI/c1-4-17-9-5-6-12(17)10-16-13(14)15-8-7-11(2)3;/h11-12H,4-10H2,1-3H3,(H3,14,15,16);1H. The van der Waals surface area contributed by atoms with Gasteiger partial charge in [-0.2, -0.15) is 0 Å². The van der Waals surface area contributed by atoms with E-state index in [-0.39, 0.29) is 24.0 Å². The lowest BCUT2D eigenvalue weighted by molar-refractivity contribution is 0.273. The second kappa shape index (κ2) is 9.83. The molecule has 0 radical (unpaired) electrons. The van der Waals surface area contributed by atoms with Gasteiger partial charge in [0.25, 0.3) is 0 Å². The summed E-state index contributed by atoms with van der Waals surface area (Å²) >= 11 is 0. The smallest absolute Gasteiger partial charge is 0.188 e. The molecule has 0 spiro atoms. The lowest BCUT2D eigenvalue weighted by atomic mass is 10.1. The van der Waals surface area contributed by atoms with Crippen LogP contribution < -0.4 is 11.1 Å². The maximum absolute atomic E-state index is 5.85. The van der Waals surface area contributed by atoms with Crippen LogP contribution in [0.3, 0.4) is 0 Å². The SMILES string of the molecule is CCN1CCCC1CN=C(N)NCCC(C)C.I. The molecule has 108 valence electrons. The van der Waals surface area contributed by atoms with E-state index in [1.54, 1.807) is 0 Å². The quantitative estimate of drug-likeness (QED) is 0.429. The summed E-state index contributed by atoms with van der Waals surface area (Å²) in [5.74, 6) is 1.31. The lowest BCUT2D eigenvalue weighted by Gasteiger charge is -2.21. The van der Waals surface area contributed by atoms with Crippen LogP contribution in [0.25, 0.3) is 0 Å². The van der Waals surface area contributed by atoms with Crippen LogP contribution >= 0.6 is 24.0 Å². The zero-order valence-corrected chi connectivity index (χ0v) is 14.3. The Kier molecular flexibility index (Phi) is 9.81. The summed E-state index contributed by atoms with van der Waals surface area (Å²) in [4.78, 5) is 6.93. The first-order valence-electron chi connectivity index (χ1n) is 6.91. The van der Waals surface area contributed by atoms with Crippen molar-refractivity contribution in [3.05, 3.63) is 0 Å². The summed E-state index contributed by atoms with van der Waals surface area (Å²) in [6.07, 6.45) is 3.70. The van der Waals surface area contributed by atoms with E-state index in [1.807, 2.05) is 0 Å². The first-order chi connectivity index (χ1) is 8.13. The van der Waals surface area contributed by atoms with Gasteiger partial charge in [-0.05, 0) is 38.3 Å². The Morgan fingerprint density at radius 1 is 1.50 bits per heavy atom. The Morgan fingerprint density at radius 2 is 2.22 bits per heavy atom. The van der Waals surface area contributed by atoms with E-state index in [9.17, 15) is 0 Å². The number of rotatable bonds is 6. The van der Waals surface area contributed by atoms with Gasteiger partial charge in [0.05, 0.1) is 6.54 Å². The number of hydrogen-bond acceptors (Lipinski definition) is 2. The predicted molar refractivity (Wildman–Crippen MR) is 89.6 cm³/mol. The van der Waals surface area contributed by atoms with Gasteiger partial charge in [0, 0.05) is 12.6 Å². The highest BCUT2D eigenvalue weighted by atomic mass is 127. The van der Waals surface area contributed by atoms with Crippen molar-refractivity contribution >= 4 is 29.9 Å². The largest absolute Gasteiger partial charge is 0.370 e. The van der Waals surface area contributed by atoms with Crippen LogP contribution in [-0.2, 0) is 0 Å². The molecular weight excluding hydrogens is 339 g/mol. The van der Waals surface area contributed by atoms with Crippen molar-refractivity contribution in [1.82, 2.24) is 10.2 Å². The van der Waals surface area contributed by atoms with Crippen molar-refractivity contribution in [2.75, 3.05) is 26.2 Å². The van der Waals surface area contributed by atoms with Crippen LogP contribution in [-0.4, -0.2) is 43.1 Å². The topological polar surface area (TPSA) is 53.6 Å². The number of likely N-dealkylation sites (tertiary alicyclic amines) is 1. The Hall–Kier alpha value is -0.0400. The highest BCUT2D eigenvalue weighted by Crippen LogP contribution is 2.16. The molecule has 1 rings (SSSR count). The van der Waals surface area contributed by atoms with Gasteiger partial charge < -0.3 is 11.1 Å². The molecule has 0 aromatic heterocycles. The van der Waals surface area contributed by atoms with Gasteiger partial charge in [0.2, 0.25) is 0 Å². The minimum atomic E-state index is 0. The summed E-state index contributed by atoms with van der Waals surface area (Å²) in [5, 5.41) is 3.18. The van der Waals surface area contributed by atoms with E-state index >= 15 is 0 Å². The van der Waals surface area contributed by atoms with Crippen molar-refractivity contribution < 1.29 is 0 Å². The van der Waals surface area contributed by atoms with Crippen molar-refractivity contribution in [1.29, 1.82) is 0 Å². The third kappa shape index (κ3) is 6.78. The molecular formula is C13H29IN4. The van der Waals surface area contributed by atoms with Gasteiger partial charge in [0.1, 0.15) is 0 Å². The molecule has 3 N–H and O–H groups in total. The van der Waals surface area contributed by atoms with E-state index in [0.29, 0.717) is 17.9 Å². The predicted octanol–water partition coefficient (Wildman–Crippen LogP) is 2.04. The van der Waals surface area contributed by atoms with Crippen LogP contribution in [0.4, 0.5) is 0 Å². The van der Waals surface area contributed by atoms with Gasteiger partial charge >= 0.3 is 0 Å². The molecule has 18 heavy (non-hydrogen) atoms. The normalized spacial score (nSPS) is 21.1. The van der Waals surface area contributed by atoms with Crippen molar-refractivity contribution in [2.45, 2.75) is 46.1 Å². The molecule has 0 aliphatic carbocycles. The Morgan fingerprint density at radius 3 is 2.83 bits per heavy atom. The fourth-order valence-electron chi connectivity index (χ4n) is 2.27. The van der Waals surface area contributed by atoms with Gasteiger partial charge in [-0.3, -0.25) is 9.89 Å². The number of halogens is 1. The first-order valence-corrected chi connectivity index (χ1v) is 6.91. The first kappa shape index (κ1) is 18.0. The van der Waals surface area contributed by atoms with Crippen LogP contribution in [0.15, 0.2) is 4.99 Å². The van der Waals surface area contributed by atoms with Gasteiger partial charge in [0.15, 0.2) is 5.96 Å². The average molecular weight is 368 g/mol. The highest BCUT2D eigenvalue weighted by molar-refractivity contribution is 14.0. The van der Waals surface area contributed by atoms with Crippen molar-refractivity contribution in [2.24, 2.45) is 16.6 Å². The van der Waals surface area contributed by atoms with E-state index in [4.69, 9.17) is 5.73 Å². The number of nitrogens with one attached hydrogen (secondary N) is 1. The summed E-state index contributed by atoms with van der Waals surface area (Å²) < 4.78 is 0. The van der Waals surface area contributed by atoms with Crippen molar-refractivity contribution in [3.63, 3.8) is 0 Å². The third-order valence-electron chi connectivity index (χ3n) is 3.41. The molecule has 1 fully saturated rings. The van der Waals surface area contributed by atoms with Crippen molar-refractivity contribution in [3.8, 4) is 0 Å². The molecule has 4 nitrogen and oxygen atoms in total. The number of guanidine groups is 1. The molecule has 0 saturated carbocycles. The van der Waals surface area contributed by atoms with E-state index in [0.717, 1.165) is 26.1 Å². The summed E-state index contributed by atoms with van der Waals surface area (Å²) in [5.41, 5.74) is 5.85. The molecule has 1 aliphatic heterocycles. The van der Waals surface area contributed by atoms with E-state index < -0.39 is 0 Å². The summed E-state index contributed by atoms with van der Waals surface area (Å²) in [7, 11) is 0. The van der Waals surface area contributed by atoms with E-state index in [2.05, 4.69) is 36.0 Å². The Labute approximate surface area is 129 Å². The zero-order valence-electron chi connectivity index (χ0n) is 12.0. The molecule has 5 heteroatoms. The van der Waals surface area contributed by atoms with Gasteiger partial charge in [-0.15, -0.1) is 24.0 Å². The Balaban J connectivity index is 0.00000289. The molecule has 1 heterocycles. The van der Waals surface area contributed by atoms with Crippen LogP contribution in [0.1, 0.15) is 40.0 Å². The van der Waals surface area contributed by atoms with Gasteiger partial charge in [-0.1, -0.05) is 20.8 Å². The van der Waals surface area contributed by atoms with Crippen LogP contribution in [0.5, 0.6) is 0 Å². The maximum atomic E-state index is 5.85. The summed E-state index contributed by atoms with van der Waals surface area (Å²) in [6, 6.07) is 0.602. The molecule has 1 aliphatic rings. The summed E-state index contributed by atoms with van der Waals surface area (Å²) in [6.45, 7) is 10.8. The Bertz CT molecular complexity index is 243. The number of nitrogens with two attached hydrogens (primary N) is 1. The number of aliphatic imine (C=N–C) groups is 1. The van der Waals surface area contributed by atoms with Crippen LogP contribution in [0.2, 0.25) is 0 Å². The number of hydrogen-bond donors (Lipinski definition) is 2. The molecule has 1 saturated heterocycles. The maximum Gasteiger partial charge on any atom is 0.188 e. The molecule has 1 unspecified atom stereocenters. The lowest BCUT2D eigenvalue weighted by Crippen LogP contribution is -2.36. The third-order valence-corrected chi connectivity index (χ3v) is 3.41. The highest BCUT2D eigenvalue weighted by Gasteiger charge is 2.22. The number of nitrogens with zero attached hydrogens (tertiary/aromatic N) is 2. The minimum absolute atomic E-state index is 0. The van der Waals surface area contributed by atoms with Gasteiger partial charge in [-0.25, -0.2) is 0 Å². The average Bonchev–Trinajstić information content (AvgIpc) is 2.73. The molecule has 0 aromatic rings. The number of likely N-dealkylation sites (N-methyl/N-ethyl adjacent to an activating group) is 1. The second-order valence-corrected chi connectivity index (χ2v) is 5.26. The van der Waals surface area contributed by atoms with E-state index in [1.165, 1.54) is 19.4 Å². The molecule has 0 aromatic carbocycles. The minimum Gasteiger partial charge on any atom is -0.370 e. The fourth-order valence-corrected chi connectivity index (χ4v) is 2.27. The molecule has 1 atom stereocenters. The molecule has 0 amide bonds. The zero-order chi connectivity index (χ0) is 12.7. The fraction of sp³-hybridized carbons (Fsp3) is 0.923. The molecule has 0 bridgehead atoms.